The Morgan fingerprint density at radius 1 is 0.969 bits per heavy atom. The van der Waals surface area contributed by atoms with Crippen molar-refractivity contribution in [2.24, 2.45) is 5.41 Å². The molecule has 0 aliphatic carbocycles. The lowest BCUT2D eigenvalue weighted by molar-refractivity contribution is -0.127. The quantitative estimate of drug-likeness (QED) is 0.615. The van der Waals surface area contributed by atoms with Gasteiger partial charge in [-0.15, -0.1) is 0 Å². The summed E-state index contributed by atoms with van der Waals surface area (Å²) in [5.41, 5.74) is 2.54. The molecular formula is C26H27N3O3. The van der Waals surface area contributed by atoms with Crippen LogP contribution < -0.4 is 20.3 Å². The van der Waals surface area contributed by atoms with Crippen LogP contribution in [0.3, 0.4) is 0 Å². The molecule has 0 spiro atoms. The Balaban J connectivity index is 1.55. The molecule has 3 amide bonds. The van der Waals surface area contributed by atoms with E-state index >= 15 is 0 Å². The summed E-state index contributed by atoms with van der Waals surface area (Å²) in [6, 6.07) is 24.3. The zero-order valence-electron chi connectivity index (χ0n) is 18.5. The first-order chi connectivity index (χ1) is 15.3. The normalized spacial score (nSPS) is 14.9. The van der Waals surface area contributed by atoms with E-state index in [0.717, 1.165) is 11.1 Å². The standard InChI is InChI=1S/C26H27N3O3/c1-26(2)17-32-22-15-14-20(16-21(22)29(3)24(26)30)27-25(31)28-23(18-10-6-4-7-11-18)19-12-8-5-9-13-19/h4-16,23H,17H2,1-3H3,(H2,27,28,31). The molecule has 3 aromatic carbocycles. The molecule has 0 fully saturated rings. The average Bonchev–Trinajstić information content (AvgIpc) is 2.89. The molecule has 3 aromatic rings. The number of amides is 3. The summed E-state index contributed by atoms with van der Waals surface area (Å²) in [4.78, 5) is 27.3. The Labute approximate surface area is 188 Å². The highest BCUT2D eigenvalue weighted by molar-refractivity contribution is 6.00. The first-order valence-electron chi connectivity index (χ1n) is 10.6. The van der Waals surface area contributed by atoms with Crippen molar-refractivity contribution in [2.75, 3.05) is 23.9 Å². The second kappa shape index (κ2) is 8.75. The maximum atomic E-state index is 12.9. The molecule has 6 heteroatoms. The van der Waals surface area contributed by atoms with E-state index in [1.165, 1.54) is 0 Å². The van der Waals surface area contributed by atoms with Crippen molar-refractivity contribution >= 4 is 23.3 Å². The zero-order valence-corrected chi connectivity index (χ0v) is 18.5. The van der Waals surface area contributed by atoms with Gasteiger partial charge in [-0.2, -0.15) is 0 Å². The highest BCUT2D eigenvalue weighted by Crippen LogP contribution is 2.37. The molecule has 2 N–H and O–H groups in total. The fourth-order valence-corrected chi connectivity index (χ4v) is 3.81. The molecule has 0 radical (unpaired) electrons. The van der Waals surface area contributed by atoms with E-state index in [9.17, 15) is 9.59 Å². The third-order valence-corrected chi connectivity index (χ3v) is 5.59. The van der Waals surface area contributed by atoms with Gasteiger partial charge in [0.1, 0.15) is 12.4 Å². The maximum absolute atomic E-state index is 12.9. The predicted molar refractivity (Wildman–Crippen MR) is 126 cm³/mol. The molecular weight excluding hydrogens is 402 g/mol. The third kappa shape index (κ3) is 4.44. The number of carbonyl (C=O) groups excluding carboxylic acids is 2. The lowest BCUT2D eigenvalue weighted by atomic mass is 9.93. The molecule has 0 atom stereocenters. The van der Waals surface area contributed by atoms with Gasteiger partial charge >= 0.3 is 6.03 Å². The smallest absolute Gasteiger partial charge is 0.319 e. The largest absolute Gasteiger partial charge is 0.490 e. The number of carbonyl (C=O) groups is 2. The van der Waals surface area contributed by atoms with Crippen molar-refractivity contribution < 1.29 is 14.3 Å². The van der Waals surface area contributed by atoms with Crippen molar-refractivity contribution in [3.8, 4) is 5.75 Å². The molecule has 4 rings (SSSR count). The molecule has 1 aliphatic heterocycles. The Morgan fingerprint density at radius 2 is 1.56 bits per heavy atom. The average molecular weight is 430 g/mol. The zero-order chi connectivity index (χ0) is 22.7. The number of hydrogen-bond donors (Lipinski definition) is 2. The molecule has 32 heavy (non-hydrogen) atoms. The minimum atomic E-state index is -0.628. The number of anilines is 2. The van der Waals surface area contributed by atoms with Gasteiger partial charge in [-0.05, 0) is 43.2 Å². The number of nitrogens with one attached hydrogen (secondary N) is 2. The first-order valence-corrected chi connectivity index (χ1v) is 10.6. The van der Waals surface area contributed by atoms with Crippen LogP contribution in [0.25, 0.3) is 0 Å². The summed E-state index contributed by atoms with van der Waals surface area (Å²) in [6.45, 7) is 4.02. The van der Waals surface area contributed by atoms with E-state index in [2.05, 4.69) is 10.6 Å². The number of ether oxygens (including phenoxy) is 1. The van der Waals surface area contributed by atoms with E-state index in [1.54, 1.807) is 30.1 Å². The molecule has 6 nitrogen and oxygen atoms in total. The summed E-state index contributed by atoms with van der Waals surface area (Å²) in [5, 5.41) is 5.96. The van der Waals surface area contributed by atoms with Crippen molar-refractivity contribution in [1.29, 1.82) is 0 Å². The number of urea groups is 1. The fourth-order valence-electron chi connectivity index (χ4n) is 3.81. The lowest BCUT2D eigenvalue weighted by Gasteiger charge is -2.24. The van der Waals surface area contributed by atoms with Crippen LogP contribution in [0.5, 0.6) is 5.75 Å². The van der Waals surface area contributed by atoms with Crippen molar-refractivity contribution in [3.63, 3.8) is 0 Å². The number of nitrogens with zero attached hydrogens (tertiary/aromatic N) is 1. The lowest BCUT2D eigenvalue weighted by Crippen LogP contribution is -2.39. The second-order valence-corrected chi connectivity index (χ2v) is 8.57. The molecule has 0 saturated heterocycles. The van der Waals surface area contributed by atoms with Crippen LogP contribution >= 0.6 is 0 Å². The third-order valence-electron chi connectivity index (χ3n) is 5.59. The van der Waals surface area contributed by atoms with E-state index in [4.69, 9.17) is 4.74 Å². The maximum Gasteiger partial charge on any atom is 0.319 e. The Kier molecular flexibility index (Phi) is 5.86. The second-order valence-electron chi connectivity index (χ2n) is 8.57. The topological polar surface area (TPSA) is 70.7 Å². The Hall–Kier alpha value is -3.80. The monoisotopic (exact) mass is 429 g/mol. The van der Waals surface area contributed by atoms with Gasteiger partial charge in [0.25, 0.3) is 0 Å². The van der Waals surface area contributed by atoms with Crippen LogP contribution in [-0.4, -0.2) is 25.6 Å². The highest BCUT2D eigenvalue weighted by atomic mass is 16.5. The van der Waals surface area contributed by atoms with E-state index < -0.39 is 5.41 Å². The molecule has 0 bridgehead atoms. The molecule has 1 heterocycles. The fraction of sp³-hybridized carbons (Fsp3) is 0.231. The number of rotatable bonds is 4. The highest BCUT2D eigenvalue weighted by Gasteiger charge is 2.36. The van der Waals surface area contributed by atoms with E-state index in [-0.39, 0.29) is 18.0 Å². The van der Waals surface area contributed by atoms with Crippen LogP contribution in [0, 0.1) is 5.41 Å². The summed E-state index contributed by atoms with van der Waals surface area (Å²) >= 11 is 0. The van der Waals surface area contributed by atoms with Gasteiger partial charge in [0.2, 0.25) is 5.91 Å². The summed E-state index contributed by atoms with van der Waals surface area (Å²) in [5.74, 6) is 0.579. The molecule has 0 unspecified atom stereocenters. The van der Waals surface area contributed by atoms with Crippen LogP contribution in [0.15, 0.2) is 78.9 Å². The molecule has 164 valence electrons. The van der Waals surface area contributed by atoms with Gasteiger partial charge in [0.05, 0.1) is 17.1 Å². The minimum Gasteiger partial charge on any atom is -0.490 e. The first kappa shape index (κ1) is 21.4. The number of fused-ring (bicyclic) bond motifs is 1. The summed E-state index contributed by atoms with van der Waals surface area (Å²) in [7, 11) is 1.72. The van der Waals surface area contributed by atoms with Gasteiger partial charge in [0, 0.05) is 12.7 Å². The van der Waals surface area contributed by atoms with Crippen molar-refractivity contribution in [3.05, 3.63) is 90.0 Å². The number of benzene rings is 3. The van der Waals surface area contributed by atoms with Gasteiger partial charge in [-0.3, -0.25) is 4.79 Å². The molecule has 1 aliphatic rings. The Bertz CT molecular complexity index is 1070. The minimum absolute atomic E-state index is 0.0360. The molecule has 0 saturated carbocycles. The van der Waals surface area contributed by atoms with Gasteiger partial charge in [-0.25, -0.2) is 4.79 Å². The number of hydrogen-bond acceptors (Lipinski definition) is 3. The van der Waals surface area contributed by atoms with Crippen molar-refractivity contribution in [2.45, 2.75) is 19.9 Å². The van der Waals surface area contributed by atoms with Gasteiger partial charge in [-0.1, -0.05) is 60.7 Å². The van der Waals surface area contributed by atoms with E-state index in [0.29, 0.717) is 23.7 Å². The van der Waals surface area contributed by atoms with E-state index in [1.807, 2.05) is 74.5 Å². The van der Waals surface area contributed by atoms with Crippen LogP contribution in [0.1, 0.15) is 31.0 Å². The predicted octanol–water partition coefficient (Wildman–Crippen LogP) is 4.98. The summed E-state index contributed by atoms with van der Waals surface area (Å²) in [6.07, 6.45) is 0. The molecule has 0 aromatic heterocycles. The van der Waals surface area contributed by atoms with Gasteiger partial charge < -0.3 is 20.3 Å². The van der Waals surface area contributed by atoms with Crippen LogP contribution in [0.4, 0.5) is 16.2 Å². The van der Waals surface area contributed by atoms with Crippen molar-refractivity contribution in [1.82, 2.24) is 5.32 Å². The van der Waals surface area contributed by atoms with Crippen LogP contribution in [-0.2, 0) is 4.79 Å². The van der Waals surface area contributed by atoms with Crippen LogP contribution in [0.2, 0.25) is 0 Å². The SMILES string of the molecule is CN1C(=O)C(C)(C)COc2ccc(NC(=O)NC(c3ccccc3)c3ccccc3)cc21. The van der Waals surface area contributed by atoms with Gasteiger partial charge in [0.15, 0.2) is 0 Å². The summed E-state index contributed by atoms with van der Waals surface area (Å²) < 4.78 is 5.85. The Morgan fingerprint density at radius 3 is 2.16 bits per heavy atom.